The van der Waals surface area contributed by atoms with Crippen LogP contribution in [0.5, 0.6) is 0 Å². The highest BCUT2D eigenvalue weighted by Crippen LogP contribution is 2.33. The van der Waals surface area contributed by atoms with E-state index in [1.54, 1.807) is 0 Å². The van der Waals surface area contributed by atoms with Crippen LogP contribution in [-0.2, 0) is 15.9 Å². The van der Waals surface area contributed by atoms with Crippen LogP contribution < -0.4 is 0 Å². The Morgan fingerprint density at radius 3 is 2.55 bits per heavy atom. The first-order valence-electron chi connectivity index (χ1n) is 6.72. The third-order valence-corrected chi connectivity index (χ3v) is 5.81. The lowest BCUT2D eigenvalue weighted by molar-refractivity contribution is 0.340. The first-order chi connectivity index (χ1) is 9.36. The van der Waals surface area contributed by atoms with Gasteiger partial charge in [0.25, 0.3) is 0 Å². The van der Waals surface area contributed by atoms with Crippen molar-refractivity contribution in [1.82, 2.24) is 4.31 Å². The van der Waals surface area contributed by atoms with Crippen LogP contribution in [0, 0.1) is 11.7 Å². The van der Waals surface area contributed by atoms with E-state index in [4.69, 9.17) is 11.6 Å². The molecule has 1 fully saturated rings. The van der Waals surface area contributed by atoms with Gasteiger partial charge in [0.05, 0.1) is 0 Å². The molecular weight excluding hydrogens is 301 g/mol. The summed E-state index contributed by atoms with van der Waals surface area (Å²) in [6, 6.07) is 3.81. The molecule has 0 radical (unpaired) electrons. The zero-order valence-electron chi connectivity index (χ0n) is 11.6. The summed E-state index contributed by atoms with van der Waals surface area (Å²) in [5.74, 6) is -0.153. The molecular formula is C14H19ClFNO2S. The van der Waals surface area contributed by atoms with Crippen LogP contribution in [0.15, 0.2) is 23.1 Å². The Morgan fingerprint density at radius 2 is 2.05 bits per heavy atom. The second kappa shape index (κ2) is 6.00. The zero-order valence-corrected chi connectivity index (χ0v) is 13.2. The largest absolute Gasteiger partial charge is 0.246 e. The van der Waals surface area contributed by atoms with Gasteiger partial charge in [-0.2, -0.15) is 4.31 Å². The maximum atomic E-state index is 13.9. The molecule has 3 nitrogen and oxygen atoms in total. The SMILES string of the molecule is CC(C)N(CC1CC1)S(=O)(=O)c1cc(CCl)ccc1F. The van der Waals surface area contributed by atoms with Gasteiger partial charge in [0.15, 0.2) is 0 Å². The molecule has 0 atom stereocenters. The molecule has 0 aliphatic heterocycles. The lowest BCUT2D eigenvalue weighted by Gasteiger charge is -2.26. The molecule has 0 N–H and O–H groups in total. The Labute approximate surface area is 124 Å². The van der Waals surface area contributed by atoms with Crippen molar-refractivity contribution in [2.24, 2.45) is 5.92 Å². The van der Waals surface area contributed by atoms with E-state index in [0.717, 1.165) is 12.8 Å². The molecule has 0 saturated heterocycles. The molecule has 1 saturated carbocycles. The molecule has 1 aromatic rings. The van der Waals surface area contributed by atoms with Crippen molar-refractivity contribution in [3.05, 3.63) is 29.6 Å². The lowest BCUT2D eigenvalue weighted by Crippen LogP contribution is -2.38. The van der Waals surface area contributed by atoms with Crippen molar-refractivity contribution in [1.29, 1.82) is 0 Å². The van der Waals surface area contributed by atoms with E-state index in [1.807, 2.05) is 13.8 Å². The average molecular weight is 320 g/mol. The van der Waals surface area contributed by atoms with Crippen molar-refractivity contribution in [3.8, 4) is 0 Å². The number of benzene rings is 1. The number of hydrogen-bond donors (Lipinski definition) is 0. The van der Waals surface area contributed by atoms with Gasteiger partial charge in [0, 0.05) is 18.5 Å². The second-order valence-corrected chi connectivity index (χ2v) is 7.64. The number of sulfonamides is 1. The number of halogens is 2. The van der Waals surface area contributed by atoms with Gasteiger partial charge in [-0.25, -0.2) is 12.8 Å². The molecule has 2 rings (SSSR count). The van der Waals surface area contributed by atoms with Gasteiger partial charge in [0.2, 0.25) is 10.0 Å². The van der Waals surface area contributed by atoms with Gasteiger partial charge < -0.3 is 0 Å². The monoisotopic (exact) mass is 319 g/mol. The summed E-state index contributed by atoms with van der Waals surface area (Å²) in [5.41, 5.74) is 0.599. The molecule has 20 heavy (non-hydrogen) atoms. The first kappa shape index (κ1) is 15.7. The smallest absolute Gasteiger partial charge is 0.207 e. The van der Waals surface area contributed by atoms with Crippen molar-refractivity contribution in [2.45, 2.75) is 43.5 Å². The van der Waals surface area contributed by atoms with Gasteiger partial charge in [-0.1, -0.05) is 6.07 Å². The molecule has 0 unspecified atom stereocenters. The van der Waals surface area contributed by atoms with Crippen molar-refractivity contribution in [2.75, 3.05) is 6.54 Å². The number of nitrogens with zero attached hydrogens (tertiary/aromatic N) is 1. The zero-order chi connectivity index (χ0) is 14.9. The molecule has 1 aliphatic carbocycles. The molecule has 6 heteroatoms. The highest BCUT2D eigenvalue weighted by atomic mass is 35.5. The van der Waals surface area contributed by atoms with Gasteiger partial charge >= 0.3 is 0 Å². The van der Waals surface area contributed by atoms with Gasteiger partial charge in [-0.3, -0.25) is 0 Å². The molecule has 0 bridgehead atoms. The number of alkyl halides is 1. The van der Waals surface area contributed by atoms with Gasteiger partial charge in [0.1, 0.15) is 10.7 Å². The maximum Gasteiger partial charge on any atom is 0.246 e. The van der Waals surface area contributed by atoms with E-state index >= 15 is 0 Å². The van der Waals surface area contributed by atoms with Crippen LogP contribution in [0.25, 0.3) is 0 Å². The summed E-state index contributed by atoms with van der Waals surface area (Å²) >= 11 is 5.71. The van der Waals surface area contributed by atoms with E-state index in [1.165, 1.54) is 22.5 Å². The Kier molecular flexibility index (Phi) is 4.72. The van der Waals surface area contributed by atoms with Crippen molar-refractivity contribution < 1.29 is 12.8 Å². The van der Waals surface area contributed by atoms with Crippen LogP contribution in [0.1, 0.15) is 32.3 Å². The van der Waals surface area contributed by atoms with Gasteiger partial charge in [-0.15, -0.1) is 11.6 Å². The standard InChI is InChI=1S/C14H19ClFNO2S/c1-10(2)17(9-11-3-4-11)20(18,19)14-7-12(8-15)5-6-13(14)16/h5-7,10-11H,3-4,8-9H2,1-2H3. The minimum Gasteiger partial charge on any atom is -0.207 e. The van der Waals surface area contributed by atoms with E-state index in [2.05, 4.69) is 0 Å². The third kappa shape index (κ3) is 3.32. The summed E-state index contributed by atoms with van der Waals surface area (Å²) in [7, 11) is -3.82. The predicted octanol–water partition coefficient (Wildman–Crippen LogP) is 3.37. The average Bonchev–Trinajstić information content (AvgIpc) is 3.19. The molecule has 112 valence electrons. The van der Waals surface area contributed by atoms with Crippen LogP contribution >= 0.6 is 11.6 Å². The minimum absolute atomic E-state index is 0.160. The lowest BCUT2D eigenvalue weighted by atomic mass is 10.2. The van der Waals surface area contributed by atoms with Crippen molar-refractivity contribution in [3.63, 3.8) is 0 Å². The van der Waals surface area contributed by atoms with E-state index in [0.29, 0.717) is 18.0 Å². The molecule has 0 spiro atoms. The fourth-order valence-electron chi connectivity index (χ4n) is 2.10. The summed E-state index contributed by atoms with van der Waals surface area (Å²) < 4.78 is 40.7. The van der Waals surface area contributed by atoms with Crippen LogP contribution in [-0.4, -0.2) is 25.3 Å². The molecule has 1 aliphatic rings. The summed E-state index contributed by atoms with van der Waals surface area (Å²) in [6.45, 7) is 4.08. The fourth-order valence-corrected chi connectivity index (χ4v) is 4.09. The highest BCUT2D eigenvalue weighted by Gasteiger charge is 2.34. The Hall–Kier alpha value is -0.650. The van der Waals surface area contributed by atoms with E-state index in [9.17, 15) is 12.8 Å². The Balaban J connectivity index is 2.40. The first-order valence-corrected chi connectivity index (χ1v) is 8.70. The molecule has 0 heterocycles. The number of hydrogen-bond acceptors (Lipinski definition) is 2. The van der Waals surface area contributed by atoms with Gasteiger partial charge in [-0.05, 0) is 50.3 Å². The maximum absolute atomic E-state index is 13.9. The quantitative estimate of drug-likeness (QED) is 0.754. The topological polar surface area (TPSA) is 37.4 Å². The highest BCUT2D eigenvalue weighted by molar-refractivity contribution is 7.89. The minimum atomic E-state index is -3.82. The Morgan fingerprint density at radius 1 is 1.40 bits per heavy atom. The molecule has 0 aromatic heterocycles. The predicted molar refractivity (Wildman–Crippen MR) is 77.7 cm³/mol. The van der Waals surface area contributed by atoms with Crippen LogP contribution in [0.4, 0.5) is 4.39 Å². The molecule has 0 amide bonds. The third-order valence-electron chi connectivity index (χ3n) is 3.45. The van der Waals surface area contributed by atoms with Crippen molar-refractivity contribution >= 4 is 21.6 Å². The fraction of sp³-hybridized carbons (Fsp3) is 0.571. The molecule has 1 aromatic carbocycles. The second-order valence-electron chi connectivity index (χ2n) is 5.51. The summed E-state index contributed by atoms with van der Waals surface area (Å²) in [6.07, 6.45) is 2.09. The van der Waals surface area contributed by atoms with E-state index < -0.39 is 15.8 Å². The van der Waals surface area contributed by atoms with E-state index in [-0.39, 0.29) is 16.8 Å². The number of rotatable bonds is 6. The normalized spacial score (nSPS) is 16.1. The Bertz CT molecular complexity index is 585. The summed E-state index contributed by atoms with van der Waals surface area (Å²) in [5, 5.41) is 0. The van der Waals surface area contributed by atoms with Crippen LogP contribution in [0.2, 0.25) is 0 Å². The van der Waals surface area contributed by atoms with Crippen LogP contribution in [0.3, 0.4) is 0 Å². The summed E-state index contributed by atoms with van der Waals surface area (Å²) in [4.78, 5) is -0.273.